The summed E-state index contributed by atoms with van der Waals surface area (Å²) in [6.45, 7) is 43.0. The minimum Gasteiger partial charge on any atom is -0.405 e. The predicted octanol–water partition coefficient (Wildman–Crippen LogP) is 6.79. The molecule has 87 heavy (non-hydrogen) atoms. The van der Waals surface area contributed by atoms with Crippen molar-refractivity contribution < 1.29 is 46.9 Å². The maximum absolute atomic E-state index is 12.8. The number of carbonyl (C=O) groups excluding carboxylic acids is 1. The van der Waals surface area contributed by atoms with Gasteiger partial charge in [-0.25, -0.2) is 9.97 Å². The summed E-state index contributed by atoms with van der Waals surface area (Å²) < 4.78 is 55.3. The summed E-state index contributed by atoms with van der Waals surface area (Å²) in [5.41, 5.74) is 1.35. The third-order valence-electron chi connectivity index (χ3n) is 18.4. The molecule has 2 atom stereocenters. The van der Waals surface area contributed by atoms with Gasteiger partial charge in [0.25, 0.3) is 11.1 Å². The smallest absolute Gasteiger partial charge is 0.405 e. The zero-order valence-electron chi connectivity index (χ0n) is 54.7. The lowest BCUT2D eigenvalue weighted by atomic mass is 9.49. The van der Waals surface area contributed by atoms with E-state index < -0.39 is 32.3 Å². The van der Waals surface area contributed by atoms with Gasteiger partial charge in [-0.3, -0.25) is 24.2 Å². The van der Waals surface area contributed by atoms with Gasteiger partial charge in [0.15, 0.2) is 5.78 Å². The number of halogens is 1. The summed E-state index contributed by atoms with van der Waals surface area (Å²) in [7, 11) is 1.96. The topological polar surface area (TPSA) is 207 Å². The Bertz CT molecular complexity index is 3020. The lowest BCUT2D eigenvalue weighted by molar-refractivity contribution is -0.140. The molecule has 0 aromatic carbocycles. The number of aromatic nitrogens is 4. The minimum absolute atomic E-state index is 0.0891. The number of anilines is 6. The molecule has 0 saturated carbocycles. The van der Waals surface area contributed by atoms with Crippen LogP contribution in [-0.4, -0.2) is 193 Å². The molecule has 22 nitrogen and oxygen atoms in total. The molecule has 0 radical (unpaired) electrons. The Morgan fingerprint density at radius 2 is 0.897 bits per heavy atom. The first-order valence-electron chi connectivity index (χ1n) is 30.7. The molecular weight excluding hydrogens is 1180 g/mol. The fourth-order valence-electron chi connectivity index (χ4n) is 10.7. The fraction of sp³-hybridized carbons (Fsp3) is 0.656. The molecule has 0 unspecified atom stereocenters. The molecule has 476 valence electrons. The van der Waals surface area contributed by atoms with Crippen LogP contribution in [0.25, 0.3) is 0 Å². The van der Waals surface area contributed by atoms with Gasteiger partial charge in [0.05, 0.1) is 95.9 Å². The van der Waals surface area contributed by atoms with E-state index in [1.54, 1.807) is 43.2 Å². The van der Waals surface area contributed by atoms with E-state index in [9.17, 15) is 14.4 Å². The Morgan fingerprint density at radius 1 is 0.529 bits per heavy atom. The van der Waals surface area contributed by atoms with Crippen LogP contribution in [0.15, 0.2) is 75.2 Å². The van der Waals surface area contributed by atoms with Gasteiger partial charge in [-0.2, -0.15) is 0 Å². The van der Waals surface area contributed by atoms with Gasteiger partial charge >= 0.3 is 21.1 Å². The SMILES string of the molecule is CC.CC1(C)OB(B2OC(C)(C)C(C)(C)O2)OC1(C)C.C[C@H]1CN(C2COC2)CCN1c1ccc(Nc2cc(B3OC(C)(C)C(C)(C)O3)cn(C)c2=O)nc1.C[C@H]1CN(C2COC2)CCN1c1ccc(Nc2cc(Br)cn(C)c2=O)nc1.O=C1COC1. The molecule has 0 amide bonds. The monoisotopic (exact) mass is 1270 g/mol. The van der Waals surface area contributed by atoms with Crippen molar-refractivity contribution in [2.75, 3.05) is 99.3 Å². The van der Waals surface area contributed by atoms with Crippen LogP contribution in [0.4, 0.5) is 34.4 Å². The molecule has 12 heterocycles. The second-order valence-corrected chi connectivity index (χ2v) is 27.4. The van der Waals surface area contributed by atoms with E-state index in [4.69, 9.17) is 37.4 Å². The Kier molecular flexibility index (Phi) is 21.5. The molecule has 12 rings (SSSR count). The zero-order chi connectivity index (χ0) is 63.6. The Hall–Kier alpha value is -4.70. The highest BCUT2D eigenvalue weighted by Crippen LogP contribution is 2.43. The molecule has 0 aliphatic carbocycles. The molecule has 4 aromatic heterocycles. The van der Waals surface area contributed by atoms with Crippen LogP contribution in [0, 0.1) is 0 Å². The Morgan fingerprint density at radius 3 is 1.22 bits per heavy atom. The van der Waals surface area contributed by atoms with Gasteiger partial charge in [-0.05, 0) is 149 Å². The van der Waals surface area contributed by atoms with Crippen molar-refractivity contribution >= 4 is 82.7 Å². The zero-order valence-corrected chi connectivity index (χ0v) is 56.2. The number of carbonyl (C=O) groups is 1. The molecule has 8 aliphatic heterocycles. The first-order valence-corrected chi connectivity index (χ1v) is 31.5. The highest BCUT2D eigenvalue weighted by molar-refractivity contribution is 9.10. The average molecular weight is 1270 g/mol. The van der Waals surface area contributed by atoms with Crippen LogP contribution in [0.1, 0.15) is 111 Å². The number of Topliss-reactive ketones (excluding diaryl/α,β-unsaturated/α-hetero) is 1. The van der Waals surface area contributed by atoms with E-state index in [1.165, 1.54) is 4.57 Å². The predicted molar refractivity (Wildman–Crippen MR) is 347 cm³/mol. The first-order chi connectivity index (χ1) is 40.8. The standard InChI is InChI=1S/C25H36BN5O4.C19H24BrN5O2.C12H24B2O4.C3H4O2.C2H6/c1-17-13-30(20-15-33-16-20)9-10-31(17)19-7-8-22(27-12-19)28-21-11-18(14-29(6)23(21)32)26-34-24(2,3)25(4,5)35-26;1-13-9-24(16-11-27-12-16)5-6-25(13)15-3-4-18(21-8-15)22-17-7-14(20)10-23(2)19(17)26;1-9(2)10(3,4)16-13(15-9)14-17-11(5,6)12(7,8)18-14;4-3-1-5-2-3;1-2/h7-8,11-12,14,17,20H,9-10,13,15-16H2,1-6H3,(H,27,28);3-4,7-8,10,13,16H,5-6,9,11-12H2,1-2H3,(H,21,22);1-8H3;1-2H2;1-2H3/t17-;13-;;;/m00.../s1. The number of hydrogen-bond acceptors (Lipinski definition) is 20. The van der Waals surface area contributed by atoms with Gasteiger partial charge in [0.2, 0.25) is 0 Å². The van der Waals surface area contributed by atoms with E-state index >= 15 is 0 Å². The highest BCUT2D eigenvalue weighted by Gasteiger charge is 2.64. The van der Waals surface area contributed by atoms with E-state index in [-0.39, 0.29) is 39.3 Å². The molecule has 0 spiro atoms. The molecular formula is C61H94B3BrN10O12. The number of nitrogens with zero attached hydrogens (tertiary/aromatic N) is 8. The molecule has 2 N–H and O–H groups in total. The number of aryl methyl sites for hydroxylation is 2. The van der Waals surface area contributed by atoms with Crippen molar-refractivity contribution in [3.8, 4) is 0 Å². The fourth-order valence-corrected chi connectivity index (χ4v) is 11.2. The molecule has 0 bridgehead atoms. The molecule has 8 saturated heterocycles. The summed E-state index contributed by atoms with van der Waals surface area (Å²) in [6.07, 6.45) is 7.26. The van der Waals surface area contributed by atoms with Crippen molar-refractivity contribution in [3.63, 3.8) is 0 Å². The normalized spacial score (nSPS) is 24.4. The van der Waals surface area contributed by atoms with Crippen molar-refractivity contribution in [2.45, 2.75) is 169 Å². The van der Waals surface area contributed by atoms with E-state index in [0.717, 1.165) is 87.0 Å². The van der Waals surface area contributed by atoms with Crippen LogP contribution < -0.4 is 37.0 Å². The van der Waals surface area contributed by atoms with Crippen LogP contribution in [0.3, 0.4) is 0 Å². The summed E-state index contributed by atoms with van der Waals surface area (Å²) in [5, 5.41) is 6.32. The number of ether oxygens (including phenoxy) is 3. The van der Waals surface area contributed by atoms with E-state index in [1.807, 2.05) is 121 Å². The Balaban J connectivity index is 0.000000167. The van der Waals surface area contributed by atoms with Gasteiger partial charge in [-0.1, -0.05) is 13.8 Å². The van der Waals surface area contributed by atoms with Gasteiger partial charge < -0.3 is 71.7 Å². The van der Waals surface area contributed by atoms with E-state index in [2.05, 4.69) is 86.8 Å². The molecule has 4 aromatic rings. The minimum atomic E-state index is -0.547. The number of pyridine rings is 4. The summed E-state index contributed by atoms with van der Waals surface area (Å²) in [6, 6.07) is 13.5. The summed E-state index contributed by atoms with van der Waals surface area (Å²) in [4.78, 5) is 53.8. The number of piperazine rings is 2. The van der Waals surface area contributed by atoms with Gasteiger partial charge in [0.1, 0.15) is 36.2 Å². The van der Waals surface area contributed by atoms with Crippen LogP contribution >= 0.6 is 15.9 Å². The number of nitrogens with one attached hydrogen (secondary N) is 2. The first kappa shape index (κ1) is 68.2. The van der Waals surface area contributed by atoms with E-state index in [0.29, 0.717) is 60.4 Å². The molecule has 8 fully saturated rings. The molecule has 8 aliphatic rings. The van der Waals surface area contributed by atoms with Crippen molar-refractivity contribution in [3.05, 3.63) is 86.4 Å². The maximum Gasteiger partial charge on any atom is 0.496 e. The number of hydrogen-bond donors (Lipinski definition) is 2. The second-order valence-electron chi connectivity index (χ2n) is 26.5. The maximum atomic E-state index is 12.8. The summed E-state index contributed by atoms with van der Waals surface area (Å²) >= 11 is 3.42. The average Bonchev–Trinajstić information content (AvgIpc) is 1.67. The van der Waals surface area contributed by atoms with Crippen LogP contribution in [0.2, 0.25) is 0 Å². The second kappa shape index (κ2) is 27.4. The van der Waals surface area contributed by atoms with Crippen molar-refractivity contribution in [2.24, 2.45) is 14.1 Å². The third-order valence-corrected chi connectivity index (χ3v) is 18.9. The quantitative estimate of drug-likeness (QED) is 0.157. The van der Waals surface area contributed by atoms with Crippen molar-refractivity contribution in [1.29, 1.82) is 0 Å². The highest BCUT2D eigenvalue weighted by atomic mass is 79.9. The lowest BCUT2D eigenvalue weighted by Gasteiger charge is -2.46. The van der Waals surface area contributed by atoms with Crippen molar-refractivity contribution in [1.82, 2.24) is 28.9 Å². The summed E-state index contributed by atoms with van der Waals surface area (Å²) in [5.74, 6) is 1.49. The Labute approximate surface area is 524 Å². The van der Waals surface area contributed by atoms with Crippen LogP contribution in [-0.2, 0) is 61.0 Å². The van der Waals surface area contributed by atoms with Gasteiger partial charge in [-0.15, -0.1) is 0 Å². The van der Waals surface area contributed by atoms with Crippen LogP contribution in [0.5, 0.6) is 0 Å². The van der Waals surface area contributed by atoms with Gasteiger partial charge in [0, 0.05) is 87.8 Å². The lowest BCUT2D eigenvalue weighted by Crippen LogP contribution is -2.59. The third kappa shape index (κ3) is 15.7. The molecule has 26 heteroatoms. The number of rotatable bonds is 10. The largest absolute Gasteiger partial charge is 0.496 e. The number of ketones is 1.